The fourth-order valence-corrected chi connectivity index (χ4v) is 1.91. The molecule has 2 nitrogen and oxygen atoms in total. The van der Waals surface area contributed by atoms with Gasteiger partial charge < -0.3 is 4.98 Å². The van der Waals surface area contributed by atoms with Crippen molar-refractivity contribution in [2.75, 3.05) is 0 Å². The van der Waals surface area contributed by atoms with Gasteiger partial charge in [0.15, 0.2) is 5.43 Å². The topological polar surface area (TPSA) is 32.9 Å². The summed E-state index contributed by atoms with van der Waals surface area (Å²) in [5, 5.41) is 0.167. The lowest BCUT2D eigenvalue weighted by molar-refractivity contribution is 0.638. The number of aryl methyl sites for hydroxylation is 2. The molecule has 0 saturated heterocycles. The first kappa shape index (κ1) is 10.9. The molecule has 0 aliphatic heterocycles. The largest absolute Gasteiger partial charge is 0.358 e. The Morgan fingerprint density at radius 2 is 2.12 bits per heavy atom. The maximum absolute atomic E-state index is 13.5. The predicted octanol–water partition coefficient (Wildman–Crippen LogP) is 2.93. The maximum Gasteiger partial charge on any atom is 0.192 e. The Kier molecular flexibility index (Phi) is 2.77. The van der Waals surface area contributed by atoms with Crippen molar-refractivity contribution in [2.45, 2.75) is 26.7 Å². The molecule has 1 heterocycles. The van der Waals surface area contributed by atoms with Crippen molar-refractivity contribution in [3.8, 4) is 0 Å². The number of benzene rings is 1. The number of halogens is 1. The van der Waals surface area contributed by atoms with Crippen LogP contribution in [0.3, 0.4) is 0 Å². The molecule has 16 heavy (non-hydrogen) atoms. The van der Waals surface area contributed by atoms with E-state index in [1.54, 1.807) is 6.07 Å². The van der Waals surface area contributed by atoms with E-state index < -0.39 is 5.82 Å². The summed E-state index contributed by atoms with van der Waals surface area (Å²) in [5.74, 6) is -0.454. The number of rotatable bonds is 2. The molecular formula is C13H14FNO. The molecule has 0 saturated carbocycles. The molecule has 0 aliphatic carbocycles. The van der Waals surface area contributed by atoms with Crippen LogP contribution in [0.25, 0.3) is 10.9 Å². The summed E-state index contributed by atoms with van der Waals surface area (Å²) in [6.07, 6.45) is 1.76. The van der Waals surface area contributed by atoms with E-state index in [-0.39, 0.29) is 10.8 Å². The SMILES string of the molecule is CCCc1cc(=O)c2c(F)ccc(C)c2[nH]1. The van der Waals surface area contributed by atoms with Gasteiger partial charge in [0, 0.05) is 11.8 Å². The van der Waals surface area contributed by atoms with Crippen molar-refractivity contribution in [2.24, 2.45) is 0 Å². The van der Waals surface area contributed by atoms with Gasteiger partial charge in [0.25, 0.3) is 0 Å². The number of hydrogen-bond donors (Lipinski definition) is 1. The van der Waals surface area contributed by atoms with E-state index in [0.717, 1.165) is 24.1 Å². The van der Waals surface area contributed by atoms with E-state index in [9.17, 15) is 9.18 Å². The Morgan fingerprint density at radius 1 is 1.38 bits per heavy atom. The van der Waals surface area contributed by atoms with Crippen molar-refractivity contribution in [3.05, 3.63) is 45.5 Å². The van der Waals surface area contributed by atoms with Gasteiger partial charge in [-0.2, -0.15) is 0 Å². The Labute approximate surface area is 93.1 Å². The molecule has 0 atom stereocenters. The minimum absolute atomic E-state index is 0.167. The van der Waals surface area contributed by atoms with E-state index in [4.69, 9.17) is 0 Å². The van der Waals surface area contributed by atoms with Crippen LogP contribution in [-0.2, 0) is 6.42 Å². The van der Waals surface area contributed by atoms with E-state index in [1.165, 1.54) is 12.1 Å². The summed E-state index contributed by atoms with van der Waals surface area (Å²) in [5.41, 5.74) is 2.15. The lowest BCUT2D eigenvalue weighted by Crippen LogP contribution is -2.08. The molecule has 0 fully saturated rings. The first-order valence-corrected chi connectivity index (χ1v) is 5.44. The van der Waals surface area contributed by atoms with Crippen molar-refractivity contribution < 1.29 is 4.39 Å². The molecule has 0 amide bonds. The van der Waals surface area contributed by atoms with Crippen molar-refractivity contribution in [3.63, 3.8) is 0 Å². The van der Waals surface area contributed by atoms with Crippen molar-refractivity contribution in [1.29, 1.82) is 0 Å². The second-order valence-electron chi connectivity index (χ2n) is 4.02. The Balaban J connectivity index is 2.81. The normalized spacial score (nSPS) is 10.9. The number of aromatic amines is 1. The van der Waals surface area contributed by atoms with Crippen molar-refractivity contribution in [1.82, 2.24) is 4.98 Å². The summed E-state index contributed by atoms with van der Waals surface area (Å²) in [6, 6.07) is 4.52. The number of hydrogen-bond acceptors (Lipinski definition) is 1. The number of aromatic nitrogens is 1. The first-order valence-electron chi connectivity index (χ1n) is 5.44. The Hall–Kier alpha value is -1.64. The molecule has 0 spiro atoms. The van der Waals surface area contributed by atoms with Gasteiger partial charge in [0.1, 0.15) is 5.82 Å². The van der Waals surface area contributed by atoms with Gasteiger partial charge >= 0.3 is 0 Å². The average molecular weight is 219 g/mol. The maximum atomic E-state index is 13.5. The lowest BCUT2D eigenvalue weighted by atomic mass is 10.1. The van der Waals surface area contributed by atoms with Crippen LogP contribution >= 0.6 is 0 Å². The first-order chi connectivity index (χ1) is 7.63. The van der Waals surface area contributed by atoms with E-state index in [1.807, 2.05) is 13.8 Å². The van der Waals surface area contributed by atoms with Crippen LogP contribution in [0, 0.1) is 12.7 Å². The van der Waals surface area contributed by atoms with Gasteiger partial charge in [-0.15, -0.1) is 0 Å². The number of H-pyrrole nitrogens is 1. The number of fused-ring (bicyclic) bond motifs is 1. The summed E-state index contributed by atoms with van der Waals surface area (Å²) in [4.78, 5) is 14.9. The Bertz CT molecular complexity index is 586. The highest BCUT2D eigenvalue weighted by Gasteiger charge is 2.08. The van der Waals surface area contributed by atoms with Gasteiger partial charge in [-0.05, 0) is 25.0 Å². The molecule has 0 unspecified atom stereocenters. The molecule has 3 heteroatoms. The molecule has 2 aromatic rings. The summed E-state index contributed by atoms with van der Waals surface area (Å²) < 4.78 is 13.5. The third-order valence-electron chi connectivity index (χ3n) is 2.72. The molecule has 84 valence electrons. The van der Waals surface area contributed by atoms with Gasteiger partial charge in [0.05, 0.1) is 10.9 Å². The lowest BCUT2D eigenvalue weighted by Gasteiger charge is -2.06. The third-order valence-corrected chi connectivity index (χ3v) is 2.72. The highest BCUT2D eigenvalue weighted by molar-refractivity contribution is 5.82. The standard InChI is InChI=1S/C13H14FNO/c1-3-4-9-7-11(16)12-10(14)6-5-8(2)13(12)15-9/h5-7H,3-4H2,1-2H3,(H,15,16). The van der Waals surface area contributed by atoms with Crippen molar-refractivity contribution >= 4 is 10.9 Å². The summed E-state index contributed by atoms with van der Waals surface area (Å²) >= 11 is 0. The summed E-state index contributed by atoms with van der Waals surface area (Å²) in [7, 11) is 0. The smallest absolute Gasteiger partial charge is 0.192 e. The molecule has 1 aromatic heterocycles. The zero-order valence-electron chi connectivity index (χ0n) is 9.43. The fourth-order valence-electron chi connectivity index (χ4n) is 1.91. The molecule has 0 bridgehead atoms. The summed E-state index contributed by atoms with van der Waals surface area (Å²) in [6.45, 7) is 3.91. The zero-order chi connectivity index (χ0) is 11.7. The second kappa shape index (κ2) is 4.08. The van der Waals surface area contributed by atoms with Crippen LogP contribution in [-0.4, -0.2) is 4.98 Å². The van der Waals surface area contributed by atoms with Crippen LogP contribution in [0.2, 0.25) is 0 Å². The third kappa shape index (κ3) is 1.73. The highest BCUT2D eigenvalue weighted by Crippen LogP contribution is 2.17. The molecule has 0 radical (unpaired) electrons. The van der Waals surface area contributed by atoms with Gasteiger partial charge in [-0.3, -0.25) is 4.79 Å². The average Bonchev–Trinajstić information content (AvgIpc) is 2.23. The fraction of sp³-hybridized carbons (Fsp3) is 0.308. The van der Waals surface area contributed by atoms with Gasteiger partial charge in [0.2, 0.25) is 0 Å². The molecule has 2 rings (SSSR count). The van der Waals surface area contributed by atoms with Gasteiger partial charge in [-0.25, -0.2) is 4.39 Å². The minimum Gasteiger partial charge on any atom is -0.358 e. The van der Waals surface area contributed by atoms with Crippen LogP contribution < -0.4 is 5.43 Å². The quantitative estimate of drug-likeness (QED) is 0.827. The zero-order valence-corrected chi connectivity index (χ0v) is 9.43. The Morgan fingerprint density at radius 3 is 2.81 bits per heavy atom. The second-order valence-corrected chi connectivity index (χ2v) is 4.02. The highest BCUT2D eigenvalue weighted by atomic mass is 19.1. The molecule has 1 aromatic carbocycles. The van der Waals surface area contributed by atoms with Crippen LogP contribution in [0.15, 0.2) is 23.0 Å². The van der Waals surface area contributed by atoms with Crippen LogP contribution in [0.5, 0.6) is 0 Å². The van der Waals surface area contributed by atoms with Gasteiger partial charge in [-0.1, -0.05) is 19.4 Å². The van der Waals surface area contributed by atoms with E-state index in [2.05, 4.69) is 4.98 Å². The van der Waals surface area contributed by atoms with Crippen LogP contribution in [0.4, 0.5) is 4.39 Å². The number of nitrogens with one attached hydrogen (secondary N) is 1. The monoisotopic (exact) mass is 219 g/mol. The minimum atomic E-state index is -0.454. The van der Waals surface area contributed by atoms with E-state index >= 15 is 0 Å². The molecule has 1 N–H and O–H groups in total. The van der Waals surface area contributed by atoms with Crippen LogP contribution in [0.1, 0.15) is 24.6 Å². The van der Waals surface area contributed by atoms with E-state index in [0.29, 0.717) is 5.52 Å². The predicted molar refractivity (Wildman–Crippen MR) is 63.3 cm³/mol. The molecular weight excluding hydrogens is 205 g/mol. The molecule has 0 aliphatic rings. The number of pyridine rings is 1.